The number of hydrogen-bond acceptors (Lipinski definition) is 3. The van der Waals surface area contributed by atoms with Crippen molar-refractivity contribution in [3.63, 3.8) is 0 Å². The fourth-order valence-electron chi connectivity index (χ4n) is 1.55. The van der Waals surface area contributed by atoms with E-state index < -0.39 is 12.3 Å². The second-order valence-corrected chi connectivity index (χ2v) is 3.88. The van der Waals surface area contributed by atoms with Crippen LogP contribution < -0.4 is 10.5 Å². The molecule has 0 saturated carbocycles. The molecule has 0 aliphatic rings. The molecule has 1 heterocycles. The van der Waals surface area contributed by atoms with Crippen LogP contribution in [0.25, 0.3) is 10.8 Å². The minimum Gasteiger partial charge on any atom is -0.481 e. The molecule has 0 aliphatic heterocycles. The molecule has 18 heavy (non-hydrogen) atoms. The Bertz CT molecular complexity index is 569. The second-order valence-electron chi connectivity index (χ2n) is 3.88. The van der Waals surface area contributed by atoms with Gasteiger partial charge < -0.3 is 10.5 Å². The zero-order chi connectivity index (χ0) is 13.3. The molecule has 2 N–H and O–H groups in total. The maximum absolute atomic E-state index is 12.4. The fraction of sp³-hybridized carbons (Fsp3) is 0.250. The van der Waals surface area contributed by atoms with Gasteiger partial charge in [-0.15, -0.1) is 0 Å². The Labute approximate surface area is 101 Å². The quantitative estimate of drug-likeness (QED) is 0.840. The molecule has 2 aromatic rings. The molecule has 2 rings (SSSR count). The Hall–Kier alpha value is -1.98. The molecule has 0 amide bonds. The summed E-state index contributed by atoms with van der Waals surface area (Å²) in [5, 5.41) is 1.09. The fourth-order valence-corrected chi connectivity index (χ4v) is 1.55. The number of fused-ring (bicyclic) bond motifs is 1. The number of hydrogen-bond donors (Lipinski definition) is 1. The van der Waals surface area contributed by atoms with Crippen molar-refractivity contribution < 1.29 is 17.9 Å². The van der Waals surface area contributed by atoms with Gasteiger partial charge in [-0.25, -0.2) is 0 Å². The van der Waals surface area contributed by atoms with Gasteiger partial charge in [0.25, 0.3) is 0 Å². The van der Waals surface area contributed by atoms with Crippen LogP contribution in [0.5, 0.6) is 5.75 Å². The zero-order valence-electron chi connectivity index (χ0n) is 9.53. The van der Waals surface area contributed by atoms with Crippen molar-refractivity contribution >= 4 is 16.5 Å². The van der Waals surface area contributed by atoms with Crippen LogP contribution >= 0.6 is 0 Å². The van der Waals surface area contributed by atoms with E-state index in [4.69, 9.17) is 10.5 Å². The van der Waals surface area contributed by atoms with Crippen molar-refractivity contribution in [1.82, 2.24) is 4.98 Å². The van der Waals surface area contributed by atoms with Crippen LogP contribution in [0.3, 0.4) is 0 Å². The molecule has 0 aliphatic carbocycles. The van der Waals surface area contributed by atoms with Gasteiger partial charge in [0.2, 0.25) is 0 Å². The van der Waals surface area contributed by atoms with E-state index in [1.54, 1.807) is 6.07 Å². The molecular formula is C12H11F3N2O. The van der Waals surface area contributed by atoms with Crippen LogP contribution in [0.2, 0.25) is 0 Å². The van der Waals surface area contributed by atoms with Gasteiger partial charge in [0.1, 0.15) is 5.75 Å². The normalized spacial score (nSPS) is 13.6. The number of rotatable bonds is 2. The monoisotopic (exact) mass is 256 g/mol. The molecule has 1 aromatic heterocycles. The summed E-state index contributed by atoms with van der Waals surface area (Å²) in [6.07, 6.45) is -3.33. The molecule has 6 heteroatoms. The van der Waals surface area contributed by atoms with E-state index in [9.17, 15) is 13.2 Å². The highest BCUT2D eigenvalue weighted by Gasteiger charge is 2.38. The lowest BCUT2D eigenvalue weighted by Crippen LogP contribution is -2.31. The van der Waals surface area contributed by atoms with Crippen LogP contribution in [0, 0.1) is 0 Å². The summed E-state index contributed by atoms with van der Waals surface area (Å²) in [6.45, 7) is 0.957. The highest BCUT2D eigenvalue weighted by atomic mass is 19.4. The van der Waals surface area contributed by atoms with Crippen LogP contribution in [-0.2, 0) is 0 Å². The number of halogens is 3. The standard InChI is InChI=1S/C12H11F3N2O/c1-7(12(13,14)15)18-11-3-2-10(16)8-4-5-17-6-9(8)11/h2-7H,16H2,1H3. The maximum atomic E-state index is 12.4. The Kier molecular flexibility index (Phi) is 3.02. The van der Waals surface area contributed by atoms with E-state index in [0.29, 0.717) is 16.5 Å². The zero-order valence-corrected chi connectivity index (χ0v) is 9.53. The third-order valence-corrected chi connectivity index (χ3v) is 2.58. The predicted molar refractivity (Wildman–Crippen MR) is 62.3 cm³/mol. The number of nitrogen functional groups attached to an aromatic ring is 1. The summed E-state index contributed by atoms with van der Waals surface area (Å²) in [7, 11) is 0. The van der Waals surface area contributed by atoms with Crippen LogP contribution in [0.1, 0.15) is 6.92 Å². The van der Waals surface area contributed by atoms with E-state index in [-0.39, 0.29) is 5.75 Å². The minimum absolute atomic E-state index is 0.122. The average molecular weight is 256 g/mol. The third kappa shape index (κ3) is 2.32. The Balaban J connectivity index is 2.44. The molecule has 1 aromatic carbocycles. The van der Waals surface area contributed by atoms with Crippen molar-refractivity contribution in [2.75, 3.05) is 5.73 Å². The Morgan fingerprint density at radius 2 is 1.94 bits per heavy atom. The van der Waals surface area contributed by atoms with E-state index in [1.165, 1.54) is 24.5 Å². The van der Waals surface area contributed by atoms with E-state index in [2.05, 4.69) is 4.98 Å². The lowest BCUT2D eigenvalue weighted by molar-refractivity contribution is -0.188. The smallest absolute Gasteiger partial charge is 0.425 e. The molecule has 0 bridgehead atoms. The van der Waals surface area contributed by atoms with Gasteiger partial charge in [0.05, 0.1) is 0 Å². The van der Waals surface area contributed by atoms with E-state index >= 15 is 0 Å². The summed E-state index contributed by atoms with van der Waals surface area (Å²) in [5.41, 5.74) is 6.21. The van der Waals surface area contributed by atoms with Crippen molar-refractivity contribution in [3.05, 3.63) is 30.6 Å². The van der Waals surface area contributed by atoms with Gasteiger partial charge in [-0.05, 0) is 25.1 Å². The third-order valence-electron chi connectivity index (χ3n) is 2.58. The Morgan fingerprint density at radius 3 is 2.61 bits per heavy atom. The van der Waals surface area contributed by atoms with Gasteiger partial charge in [-0.1, -0.05) is 0 Å². The maximum Gasteiger partial charge on any atom is 0.425 e. The van der Waals surface area contributed by atoms with Gasteiger partial charge in [-0.2, -0.15) is 13.2 Å². The number of alkyl halides is 3. The molecule has 0 spiro atoms. The molecule has 1 unspecified atom stereocenters. The second kappa shape index (κ2) is 4.36. The van der Waals surface area contributed by atoms with Crippen LogP contribution in [0.15, 0.2) is 30.6 Å². The first-order valence-corrected chi connectivity index (χ1v) is 5.25. The highest BCUT2D eigenvalue weighted by molar-refractivity contribution is 5.96. The van der Waals surface area contributed by atoms with Crippen molar-refractivity contribution in [1.29, 1.82) is 0 Å². The summed E-state index contributed by atoms with van der Waals surface area (Å²) in [4.78, 5) is 3.87. The molecule has 0 saturated heterocycles. The van der Waals surface area contributed by atoms with Crippen molar-refractivity contribution in [2.45, 2.75) is 19.2 Å². The number of aromatic nitrogens is 1. The lowest BCUT2D eigenvalue weighted by Gasteiger charge is -2.19. The predicted octanol–water partition coefficient (Wildman–Crippen LogP) is 3.15. The van der Waals surface area contributed by atoms with Gasteiger partial charge in [0, 0.05) is 28.9 Å². The topological polar surface area (TPSA) is 48.1 Å². The molecule has 0 fully saturated rings. The SMILES string of the molecule is CC(Oc1ccc(N)c2ccncc12)C(F)(F)F. The van der Waals surface area contributed by atoms with Gasteiger partial charge in [-0.3, -0.25) is 4.98 Å². The van der Waals surface area contributed by atoms with Crippen molar-refractivity contribution in [2.24, 2.45) is 0 Å². The largest absolute Gasteiger partial charge is 0.481 e. The molecule has 0 radical (unpaired) electrons. The molecule has 1 atom stereocenters. The van der Waals surface area contributed by atoms with Gasteiger partial charge in [0.15, 0.2) is 6.10 Å². The number of ether oxygens (including phenoxy) is 1. The summed E-state index contributed by atoms with van der Waals surface area (Å²) >= 11 is 0. The van der Waals surface area contributed by atoms with E-state index in [0.717, 1.165) is 6.92 Å². The highest BCUT2D eigenvalue weighted by Crippen LogP contribution is 2.32. The van der Waals surface area contributed by atoms with Crippen LogP contribution in [0.4, 0.5) is 18.9 Å². The summed E-state index contributed by atoms with van der Waals surface area (Å²) in [5.74, 6) is 0.122. The average Bonchev–Trinajstić information content (AvgIpc) is 2.32. The molecular weight excluding hydrogens is 245 g/mol. The summed E-state index contributed by atoms with van der Waals surface area (Å²) < 4.78 is 42.3. The lowest BCUT2D eigenvalue weighted by atomic mass is 10.1. The minimum atomic E-state index is -4.41. The number of nitrogens with two attached hydrogens (primary N) is 1. The number of benzene rings is 1. The van der Waals surface area contributed by atoms with Crippen LogP contribution in [-0.4, -0.2) is 17.3 Å². The Morgan fingerprint density at radius 1 is 1.22 bits per heavy atom. The molecule has 96 valence electrons. The number of nitrogens with zero attached hydrogens (tertiary/aromatic N) is 1. The number of anilines is 1. The summed E-state index contributed by atoms with van der Waals surface area (Å²) in [6, 6.07) is 4.57. The van der Waals surface area contributed by atoms with Crippen molar-refractivity contribution in [3.8, 4) is 5.75 Å². The first-order valence-electron chi connectivity index (χ1n) is 5.25. The van der Waals surface area contributed by atoms with Gasteiger partial charge >= 0.3 is 6.18 Å². The number of pyridine rings is 1. The van der Waals surface area contributed by atoms with E-state index in [1.807, 2.05) is 0 Å². The first-order chi connectivity index (χ1) is 8.39. The first kappa shape index (κ1) is 12.5. The molecule has 3 nitrogen and oxygen atoms in total.